The first-order chi connectivity index (χ1) is 17.9. The van der Waals surface area contributed by atoms with Crippen LogP contribution in [0.2, 0.25) is 0 Å². The first kappa shape index (κ1) is 28.8. The highest BCUT2D eigenvalue weighted by Gasteiger charge is 2.34. The molecular formula is C29H34FN3O4S. The Labute approximate surface area is 224 Å². The Hall–Kier alpha value is -3.72. The van der Waals surface area contributed by atoms with E-state index in [1.165, 1.54) is 17.0 Å². The molecular weight excluding hydrogens is 505 g/mol. The van der Waals surface area contributed by atoms with Crippen LogP contribution in [0.25, 0.3) is 0 Å². The molecule has 0 saturated heterocycles. The van der Waals surface area contributed by atoms with Gasteiger partial charge in [-0.05, 0) is 69.2 Å². The van der Waals surface area contributed by atoms with E-state index >= 15 is 0 Å². The second-order valence-corrected chi connectivity index (χ2v) is 11.8. The average Bonchev–Trinajstić information content (AvgIpc) is 2.87. The van der Waals surface area contributed by atoms with Crippen molar-refractivity contribution in [2.24, 2.45) is 0 Å². The third kappa shape index (κ3) is 7.41. The zero-order chi connectivity index (χ0) is 27.9. The first-order valence-electron chi connectivity index (χ1n) is 12.4. The van der Waals surface area contributed by atoms with Crippen LogP contribution in [0.5, 0.6) is 0 Å². The summed E-state index contributed by atoms with van der Waals surface area (Å²) in [6, 6.07) is 21.1. The summed E-state index contributed by atoms with van der Waals surface area (Å²) in [4.78, 5) is 28.4. The number of hydrogen-bond acceptors (Lipinski definition) is 4. The zero-order valence-corrected chi connectivity index (χ0v) is 22.9. The monoisotopic (exact) mass is 539 g/mol. The number of para-hydroxylation sites is 1. The molecule has 0 heterocycles. The summed E-state index contributed by atoms with van der Waals surface area (Å²) in [5.74, 6) is -1.44. The van der Waals surface area contributed by atoms with Crippen molar-refractivity contribution in [3.8, 4) is 0 Å². The number of nitrogens with zero attached hydrogens (tertiary/aromatic N) is 2. The SMILES string of the molecule is CC[C@@H](C(=O)NC(C)(C)C)N(Cc1ccccc1)C(=O)CN(c1ccccc1)S(=O)(=O)c1ccc(F)cc1. The molecule has 9 heteroatoms. The number of carbonyl (C=O) groups is 2. The van der Waals surface area contributed by atoms with E-state index in [9.17, 15) is 22.4 Å². The van der Waals surface area contributed by atoms with Crippen LogP contribution < -0.4 is 9.62 Å². The molecule has 1 N–H and O–H groups in total. The fourth-order valence-corrected chi connectivity index (χ4v) is 5.42. The van der Waals surface area contributed by atoms with Gasteiger partial charge in [0.05, 0.1) is 10.6 Å². The maximum Gasteiger partial charge on any atom is 0.264 e. The van der Waals surface area contributed by atoms with Crippen LogP contribution in [-0.2, 0) is 26.2 Å². The van der Waals surface area contributed by atoms with E-state index < -0.39 is 39.9 Å². The molecule has 0 unspecified atom stereocenters. The summed E-state index contributed by atoms with van der Waals surface area (Å²) >= 11 is 0. The second kappa shape index (κ2) is 12.2. The lowest BCUT2D eigenvalue weighted by Crippen LogP contribution is -2.55. The summed E-state index contributed by atoms with van der Waals surface area (Å²) in [6.45, 7) is 6.95. The van der Waals surface area contributed by atoms with Gasteiger partial charge < -0.3 is 10.2 Å². The number of rotatable bonds is 10. The van der Waals surface area contributed by atoms with Gasteiger partial charge in [-0.3, -0.25) is 13.9 Å². The molecule has 0 aliphatic rings. The summed E-state index contributed by atoms with van der Waals surface area (Å²) in [6.07, 6.45) is 0.330. The predicted octanol–water partition coefficient (Wildman–Crippen LogP) is 4.74. The molecule has 2 amide bonds. The van der Waals surface area contributed by atoms with Gasteiger partial charge >= 0.3 is 0 Å². The van der Waals surface area contributed by atoms with Crippen LogP contribution >= 0.6 is 0 Å². The molecule has 0 saturated carbocycles. The van der Waals surface area contributed by atoms with Gasteiger partial charge in [-0.1, -0.05) is 55.5 Å². The Kier molecular flexibility index (Phi) is 9.27. The Morgan fingerprint density at radius 2 is 1.45 bits per heavy atom. The van der Waals surface area contributed by atoms with E-state index in [1.807, 2.05) is 58.0 Å². The minimum absolute atomic E-state index is 0.120. The van der Waals surface area contributed by atoms with Gasteiger partial charge in [-0.2, -0.15) is 0 Å². The van der Waals surface area contributed by atoms with Crippen molar-refractivity contribution in [2.75, 3.05) is 10.8 Å². The Bertz CT molecular complexity index is 1330. The van der Waals surface area contributed by atoms with Gasteiger partial charge in [0.15, 0.2) is 0 Å². The maximum absolute atomic E-state index is 13.9. The highest BCUT2D eigenvalue weighted by Crippen LogP contribution is 2.25. The highest BCUT2D eigenvalue weighted by molar-refractivity contribution is 7.92. The lowest BCUT2D eigenvalue weighted by molar-refractivity contribution is -0.141. The van der Waals surface area contributed by atoms with Crippen molar-refractivity contribution in [3.05, 3.63) is 96.3 Å². The number of benzene rings is 3. The van der Waals surface area contributed by atoms with Gasteiger partial charge in [0.25, 0.3) is 10.0 Å². The van der Waals surface area contributed by atoms with Gasteiger partial charge in [-0.15, -0.1) is 0 Å². The van der Waals surface area contributed by atoms with Gasteiger partial charge in [-0.25, -0.2) is 12.8 Å². The second-order valence-electron chi connectivity index (χ2n) is 9.97. The van der Waals surface area contributed by atoms with Gasteiger partial charge in [0.2, 0.25) is 11.8 Å². The van der Waals surface area contributed by atoms with Crippen LogP contribution in [0.1, 0.15) is 39.7 Å². The normalized spacial score (nSPS) is 12.4. The number of nitrogens with one attached hydrogen (secondary N) is 1. The quantitative estimate of drug-likeness (QED) is 0.403. The fraction of sp³-hybridized carbons (Fsp3) is 0.310. The van der Waals surface area contributed by atoms with Crippen molar-refractivity contribution in [3.63, 3.8) is 0 Å². The Morgan fingerprint density at radius 1 is 0.895 bits per heavy atom. The molecule has 7 nitrogen and oxygen atoms in total. The lowest BCUT2D eigenvalue weighted by atomic mass is 10.1. The molecule has 3 aromatic rings. The van der Waals surface area contributed by atoms with Gasteiger partial charge in [0, 0.05) is 12.1 Å². The summed E-state index contributed by atoms with van der Waals surface area (Å²) in [5.41, 5.74) is 0.557. The van der Waals surface area contributed by atoms with Crippen molar-refractivity contribution in [1.29, 1.82) is 0 Å². The molecule has 3 rings (SSSR count). The molecule has 0 spiro atoms. The van der Waals surface area contributed by atoms with E-state index in [0.717, 1.165) is 22.0 Å². The molecule has 0 radical (unpaired) electrons. The first-order valence-corrected chi connectivity index (χ1v) is 13.8. The van der Waals surface area contributed by atoms with E-state index in [1.54, 1.807) is 30.3 Å². The van der Waals surface area contributed by atoms with E-state index in [0.29, 0.717) is 6.42 Å². The topological polar surface area (TPSA) is 86.8 Å². The molecule has 38 heavy (non-hydrogen) atoms. The number of carbonyl (C=O) groups excluding carboxylic acids is 2. The number of halogens is 1. The zero-order valence-electron chi connectivity index (χ0n) is 22.1. The van der Waals surface area contributed by atoms with Crippen LogP contribution in [0, 0.1) is 5.82 Å². The van der Waals surface area contributed by atoms with Gasteiger partial charge in [0.1, 0.15) is 18.4 Å². The third-order valence-corrected chi connectivity index (χ3v) is 7.59. The molecule has 202 valence electrons. The summed E-state index contributed by atoms with van der Waals surface area (Å²) < 4.78 is 41.9. The fourth-order valence-electron chi connectivity index (χ4n) is 4.01. The van der Waals surface area contributed by atoms with Crippen LogP contribution in [0.4, 0.5) is 10.1 Å². The predicted molar refractivity (Wildman–Crippen MR) is 146 cm³/mol. The van der Waals surface area contributed by atoms with Crippen LogP contribution in [0.15, 0.2) is 89.8 Å². The molecule has 0 bridgehead atoms. The van der Waals surface area contributed by atoms with E-state index in [4.69, 9.17) is 0 Å². The lowest BCUT2D eigenvalue weighted by Gasteiger charge is -2.34. The van der Waals surface area contributed by atoms with Crippen molar-refractivity contribution in [2.45, 2.75) is 57.1 Å². The van der Waals surface area contributed by atoms with Crippen molar-refractivity contribution in [1.82, 2.24) is 10.2 Å². The number of sulfonamides is 1. The molecule has 3 aromatic carbocycles. The minimum atomic E-state index is -4.24. The highest BCUT2D eigenvalue weighted by atomic mass is 32.2. The molecule has 0 fully saturated rings. The maximum atomic E-state index is 13.9. The third-order valence-electron chi connectivity index (χ3n) is 5.80. The average molecular weight is 540 g/mol. The number of amides is 2. The summed E-state index contributed by atoms with van der Waals surface area (Å²) in [7, 11) is -4.24. The summed E-state index contributed by atoms with van der Waals surface area (Å²) in [5, 5.41) is 2.94. The van der Waals surface area contributed by atoms with Crippen molar-refractivity contribution < 1.29 is 22.4 Å². The minimum Gasteiger partial charge on any atom is -0.350 e. The number of anilines is 1. The van der Waals surface area contributed by atoms with Crippen LogP contribution in [-0.4, -0.2) is 43.3 Å². The molecule has 1 atom stereocenters. The van der Waals surface area contributed by atoms with Crippen molar-refractivity contribution >= 4 is 27.5 Å². The Balaban J connectivity index is 2.03. The smallest absolute Gasteiger partial charge is 0.264 e. The molecule has 0 aliphatic carbocycles. The number of hydrogen-bond donors (Lipinski definition) is 1. The Morgan fingerprint density at radius 3 is 1.97 bits per heavy atom. The standard InChI is InChI=1S/C29H34FN3O4S/c1-5-26(28(35)31-29(2,3)4)32(20-22-12-8-6-9-13-22)27(34)21-33(24-14-10-7-11-15-24)38(36,37)25-18-16-23(30)17-19-25/h6-19,26H,5,20-21H2,1-4H3,(H,31,35)/t26-/m0/s1. The largest absolute Gasteiger partial charge is 0.350 e. The molecule has 0 aliphatic heterocycles. The molecule has 0 aromatic heterocycles. The van der Waals surface area contributed by atoms with E-state index in [2.05, 4.69) is 5.32 Å². The van der Waals surface area contributed by atoms with E-state index in [-0.39, 0.29) is 23.0 Å². The van der Waals surface area contributed by atoms with Crippen LogP contribution in [0.3, 0.4) is 0 Å².